The Morgan fingerprint density at radius 1 is 1.36 bits per heavy atom. The van der Waals surface area contributed by atoms with Gasteiger partial charge in [0.05, 0.1) is 29.1 Å². The molecule has 0 unspecified atom stereocenters. The molecule has 0 aliphatic carbocycles. The molecule has 1 saturated heterocycles. The third-order valence-corrected chi connectivity index (χ3v) is 5.13. The molecule has 4 rings (SSSR count). The summed E-state index contributed by atoms with van der Waals surface area (Å²) in [5.74, 6) is -0.619. The molecule has 1 atom stereocenters. The Morgan fingerprint density at radius 3 is 2.88 bits per heavy atom. The summed E-state index contributed by atoms with van der Waals surface area (Å²) in [6.07, 6.45) is 3.29. The van der Waals surface area contributed by atoms with Crippen molar-refractivity contribution in [3.63, 3.8) is 0 Å². The number of aromatic nitrogens is 4. The lowest BCUT2D eigenvalue weighted by Crippen LogP contribution is -2.31. The third kappa shape index (κ3) is 2.42. The smallest absolute Gasteiger partial charge is 0.256 e. The summed E-state index contributed by atoms with van der Waals surface area (Å²) in [5.41, 5.74) is 4.45. The summed E-state index contributed by atoms with van der Waals surface area (Å²) in [6, 6.07) is 2.61. The first-order valence-electron chi connectivity index (χ1n) is 8.41. The first kappa shape index (κ1) is 15.8. The number of rotatable bonds is 2. The van der Waals surface area contributed by atoms with Crippen LogP contribution in [0.3, 0.4) is 0 Å². The largest absolute Gasteiger partial charge is 0.344 e. The second-order valence-electron chi connectivity index (χ2n) is 6.62. The van der Waals surface area contributed by atoms with Gasteiger partial charge in [0.1, 0.15) is 11.3 Å². The number of imidazole rings is 1. The van der Waals surface area contributed by atoms with Crippen LogP contribution in [-0.2, 0) is 7.05 Å². The minimum atomic E-state index is -0.440. The monoisotopic (exact) mass is 341 g/mol. The van der Waals surface area contributed by atoms with Crippen molar-refractivity contribution in [1.29, 1.82) is 0 Å². The first-order chi connectivity index (χ1) is 12.0. The number of benzene rings is 1. The number of halogens is 1. The molecule has 3 heterocycles. The minimum Gasteiger partial charge on any atom is -0.344 e. The highest BCUT2D eigenvalue weighted by molar-refractivity contribution is 6.05. The maximum atomic E-state index is 13.9. The van der Waals surface area contributed by atoms with Crippen LogP contribution in [0.15, 0.2) is 18.5 Å². The zero-order valence-corrected chi connectivity index (χ0v) is 14.5. The molecule has 0 spiro atoms. The Morgan fingerprint density at radius 2 is 2.16 bits per heavy atom. The standard InChI is InChI=1S/C18H20FN5O/c1-10-16(11(2)23(3)22-10)15-5-4-6-24(15)18(25)13-7-12(19)8-14-17(13)21-9-20-14/h7-9,15H,4-6H2,1-3H3,(H,20,21)/t15-/m0/s1. The highest BCUT2D eigenvalue weighted by Crippen LogP contribution is 2.37. The molecule has 6 nitrogen and oxygen atoms in total. The van der Waals surface area contributed by atoms with Crippen molar-refractivity contribution in [2.24, 2.45) is 7.05 Å². The normalized spacial score (nSPS) is 17.6. The molecule has 1 aliphatic rings. The average molecular weight is 341 g/mol. The molecule has 1 fully saturated rings. The number of aromatic amines is 1. The van der Waals surface area contributed by atoms with Crippen LogP contribution >= 0.6 is 0 Å². The van der Waals surface area contributed by atoms with Crippen LogP contribution in [0.2, 0.25) is 0 Å². The lowest BCUT2D eigenvalue weighted by molar-refractivity contribution is 0.0736. The number of hydrogen-bond donors (Lipinski definition) is 1. The molecule has 25 heavy (non-hydrogen) atoms. The zero-order chi connectivity index (χ0) is 17.7. The predicted molar refractivity (Wildman–Crippen MR) is 91.7 cm³/mol. The quantitative estimate of drug-likeness (QED) is 0.779. The summed E-state index contributed by atoms with van der Waals surface area (Å²) in [4.78, 5) is 22.1. The highest BCUT2D eigenvalue weighted by Gasteiger charge is 2.34. The van der Waals surface area contributed by atoms with Crippen LogP contribution in [0.1, 0.15) is 46.2 Å². The van der Waals surface area contributed by atoms with E-state index in [1.165, 1.54) is 18.5 Å². The number of carbonyl (C=O) groups excluding carboxylic acids is 1. The third-order valence-electron chi connectivity index (χ3n) is 5.13. The Bertz CT molecular complexity index is 973. The second-order valence-corrected chi connectivity index (χ2v) is 6.62. The van der Waals surface area contributed by atoms with Crippen molar-refractivity contribution in [2.75, 3.05) is 6.54 Å². The van der Waals surface area contributed by atoms with Crippen LogP contribution < -0.4 is 0 Å². The Kier molecular flexibility index (Phi) is 3.59. The van der Waals surface area contributed by atoms with Crippen molar-refractivity contribution in [1.82, 2.24) is 24.6 Å². The van der Waals surface area contributed by atoms with Crippen LogP contribution in [0.25, 0.3) is 11.0 Å². The maximum absolute atomic E-state index is 13.9. The fourth-order valence-electron chi connectivity index (χ4n) is 3.91. The Labute approximate surface area is 144 Å². The first-order valence-corrected chi connectivity index (χ1v) is 8.41. The van der Waals surface area contributed by atoms with Gasteiger partial charge in [0, 0.05) is 24.8 Å². The molecule has 0 radical (unpaired) electrons. The number of carbonyl (C=O) groups is 1. The van der Waals surface area contributed by atoms with E-state index in [0.717, 1.165) is 29.8 Å². The fraction of sp³-hybridized carbons (Fsp3) is 0.389. The van der Waals surface area contributed by atoms with Crippen molar-refractivity contribution in [2.45, 2.75) is 32.7 Å². The number of aryl methyl sites for hydroxylation is 2. The molecule has 1 N–H and O–H groups in total. The number of amides is 1. The van der Waals surface area contributed by atoms with E-state index in [9.17, 15) is 9.18 Å². The van der Waals surface area contributed by atoms with Crippen LogP contribution in [0.5, 0.6) is 0 Å². The van der Waals surface area contributed by atoms with E-state index in [4.69, 9.17) is 0 Å². The van der Waals surface area contributed by atoms with Gasteiger partial charge in [-0.05, 0) is 38.8 Å². The van der Waals surface area contributed by atoms with Gasteiger partial charge in [0.25, 0.3) is 5.91 Å². The van der Waals surface area contributed by atoms with Gasteiger partial charge in [-0.3, -0.25) is 9.48 Å². The summed E-state index contributed by atoms with van der Waals surface area (Å²) in [6.45, 7) is 4.64. The van der Waals surface area contributed by atoms with Gasteiger partial charge in [0.15, 0.2) is 0 Å². The summed E-state index contributed by atoms with van der Waals surface area (Å²) in [7, 11) is 1.91. The number of likely N-dealkylation sites (tertiary alicyclic amines) is 1. The topological polar surface area (TPSA) is 66.8 Å². The molecule has 1 aromatic carbocycles. The van der Waals surface area contributed by atoms with Crippen molar-refractivity contribution < 1.29 is 9.18 Å². The molecule has 130 valence electrons. The van der Waals surface area contributed by atoms with Gasteiger partial charge >= 0.3 is 0 Å². The van der Waals surface area contributed by atoms with Gasteiger partial charge in [0.2, 0.25) is 0 Å². The Hall–Kier alpha value is -2.70. The van der Waals surface area contributed by atoms with Gasteiger partial charge in [-0.2, -0.15) is 5.10 Å². The highest BCUT2D eigenvalue weighted by atomic mass is 19.1. The van der Waals surface area contributed by atoms with E-state index in [1.54, 1.807) is 0 Å². The molecule has 0 saturated carbocycles. The van der Waals surface area contributed by atoms with E-state index >= 15 is 0 Å². The number of nitrogens with zero attached hydrogens (tertiary/aromatic N) is 4. The number of hydrogen-bond acceptors (Lipinski definition) is 3. The molecule has 0 bridgehead atoms. The molecule has 1 amide bonds. The van der Waals surface area contributed by atoms with Crippen molar-refractivity contribution >= 4 is 16.9 Å². The molecular weight excluding hydrogens is 321 g/mol. The van der Waals surface area contributed by atoms with Gasteiger partial charge < -0.3 is 9.88 Å². The lowest BCUT2D eigenvalue weighted by Gasteiger charge is -2.25. The van der Waals surface area contributed by atoms with Gasteiger partial charge in [-0.1, -0.05) is 0 Å². The molecule has 2 aromatic heterocycles. The van der Waals surface area contributed by atoms with E-state index in [2.05, 4.69) is 15.1 Å². The average Bonchev–Trinajstić information content (AvgIpc) is 3.26. The van der Waals surface area contributed by atoms with Crippen LogP contribution in [0, 0.1) is 19.7 Å². The number of H-pyrrole nitrogens is 1. The molecule has 1 aliphatic heterocycles. The lowest BCUT2D eigenvalue weighted by atomic mass is 10.0. The minimum absolute atomic E-state index is 0.0292. The number of fused-ring (bicyclic) bond motifs is 1. The van der Waals surface area contributed by atoms with Gasteiger partial charge in [-0.25, -0.2) is 9.37 Å². The van der Waals surface area contributed by atoms with Crippen molar-refractivity contribution in [3.8, 4) is 0 Å². The summed E-state index contributed by atoms with van der Waals surface area (Å²) < 4.78 is 15.8. The summed E-state index contributed by atoms with van der Waals surface area (Å²) >= 11 is 0. The Balaban J connectivity index is 1.77. The van der Waals surface area contributed by atoms with Crippen molar-refractivity contribution in [3.05, 3.63) is 46.8 Å². The number of nitrogens with one attached hydrogen (secondary N) is 1. The maximum Gasteiger partial charge on any atom is 0.256 e. The molecule has 3 aromatic rings. The molecule has 7 heteroatoms. The second kappa shape index (κ2) is 5.68. The fourth-order valence-corrected chi connectivity index (χ4v) is 3.91. The zero-order valence-electron chi connectivity index (χ0n) is 14.5. The van der Waals surface area contributed by atoms with Crippen LogP contribution in [0.4, 0.5) is 4.39 Å². The predicted octanol–water partition coefficient (Wildman–Crippen LogP) is 3.03. The SMILES string of the molecule is Cc1nn(C)c(C)c1[C@@H]1CCCN1C(=O)c1cc(F)cc2[nH]cnc12. The van der Waals surface area contributed by atoms with Crippen LogP contribution in [-0.4, -0.2) is 37.1 Å². The van der Waals surface area contributed by atoms with E-state index < -0.39 is 5.82 Å². The van der Waals surface area contributed by atoms with E-state index in [0.29, 0.717) is 23.1 Å². The van der Waals surface area contributed by atoms with E-state index in [-0.39, 0.29) is 11.9 Å². The van der Waals surface area contributed by atoms with E-state index in [1.807, 2.05) is 30.5 Å². The summed E-state index contributed by atoms with van der Waals surface area (Å²) in [5, 5.41) is 4.48. The molecular formula is C18H20FN5O. The van der Waals surface area contributed by atoms with Gasteiger partial charge in [-0.15, -0.1) is 0 Å².